The van der Waals surface area contributed by atoms with Gasteiger partial charge in [-0.05, 0) is 38.0 Å². The van der Waals surface area contributed by atoms with Crippen molar-refractivity contribution in [1.29, 1.82) is 0 Å². The van der Waals surface area contributed by atoms with Crippen LogP contribution in [0, 0.1) is 5.92 Å². The fourth-order valence-electron chi connectivity index (χ4n) is 6.77. The Morgan fingerprint density at radius 3 is 1.23 bits per heavy atom. The molecule has 0 aliphatic carbocycles. The Labute approximate surface area is 297 Å². The van der Waals surface area contributed by atoms with Crippen LogP contribution in [0.25, 0.3) is 0 Å². The van der Waals surface area contributed by atoms with E-state index in [0.29, 0.717) is 12.5 Å². The van der Waals surface area contributed by atoms with Gasteiger partial charge < -0.3 is 10.1 Å². The van der Waals surface area contributed by atoms with Crippen LogP contribution in [0.4, 0.5) is 0 Å². The molecule has 0 saturated carbocycles. The van der Waals surface area contributed by atoms with Gasteiger partial charge in [-0.3, -0.25) is 0 Å². The van der Waals surface area contributed by atoms with Gasteiger partial charge in [0.2, 0.25) is 0 Å². The van der Waals surface area contributed by atoms with Crippen molar-refractivity contribution in [2.75, 3.05) is 13.2 Å². The van der Waals surface area contributed by atoms with Gasteiger partial charge in [0.05, 0.1) is 6.61 Å². The van der Waals surface area contributed by atoms with Crippen molar-refractivity contribution < 1.29 is 9.53 Å². The van der Waals surface area contributed by atoms with E-state index in [9.17, 15) is 4.79 Å². The van der Waals surface area contributed by atoms with Crippen molar-refractivity contribution in [1.82, 2.24) is 5.32 Å². The van der Waals surface area contributed by atoms with Gasteiger partial charge in [0.1, 0.15) is 5.70 Å². The molecule has 1 N–H and O–H groups in total. The highest BCUT2D eigenvalue weighted by Gasteiger charge is 2.15. The van der Waals surface area contributed by atoms with Crippen molar-refractivity contribution in [3.05, 3.63) is 11.8 Å². The van der Waals surface area contributed by atoms with Crippen LogP contribution in [0.3, 0.4) is 0 Å². The SMILES string of the molecule is CCCCCCCCCCCCCCC/C=C(\NCCCCCCCCCC)C(=O)OCC(CCCCCC)CCCCCCCC. The molecule has 0 rings (SSSR count). The minimum atomic E-state index is -0.110. The maximum atomic E-state index is 13.4. The van der Waals surface area contributed by atoms with Gasteiger partial charge >= 0.3 is 5.97 Å². The van der Waals surface area contributed by atoms with E-state index in [0.717, 1.165) is 25.1 Å². The summed E-state index contributed by atoms with van der Waals surface area (Å²) in [5.74, 6) is 0.401. The molecule has 0 fully saturated rings. The third kappa shape index (κ3) is 34.7. The lowest BCUT2D eigenvalue weighted by atomic mass is 9.95. The molecule has 0 heterocycles. The third-order valence-corrected chi connectivity index (χ3v) is 10.1. The van der Waals surface area contributed by atoms with Gasteiger partial charge in [-0.1, -0.05) is 220 Å². The Morgan fingerprint density at radius 1 is 0.468 bits per heavy atom. The van der Waals surface area contributed by atoms with E-state index in [2.05, 4.69) is 39.1 Å². The van der Waals surface area contributed by atoms with Crippen LogP contribution in [0.1, 0.15) is 246 Å². The van der Waals surface area contributed by atoms with E-state index in [-0.39, 0.29) is 5.97 Å². The van der Waals surface area contributed by atoms with E-state index < -0.39 is 0 Å². The molecule has 280 valence electrons. The summed E-state index contributed by atoms with van der Waals surface area (Å²) in [7, 11) is 0. The summed E-state index contributed by atoms with van der Waals surface area (Å²) < 4.78 is 6.05. The van der Waals surface area contributed by atoms with Crippen LogP contribution in [0.15, 0.2) is 11.8 Å². The molecule has 47 heavy (non-hydrogen) atoms. The number of esters is 1. The van der Waals surface area contributed by atoms with Gasteiger partial charge in [-0.25, -0.2) is 4.79 Å². The molecule has 0 radical (unpaired) electrons. The number of allylic oxidation sites excluding steroid dienone is 1. The smallest absolute Gasteiger partial charge is 0.354 e. The van der Waals surface area contributed by atoms with Crippen LogP contribution in [0.2, 0.25) is 0 Å². The molecule has 0 aromatic heterocycles. The van der Waals surface area contributed by atoms with E-state index in [1.54, 1.807) is 0 Å². The number of ether oxygens (including phenoxy) is 1. The standard InChI is InChI=1S/C44H87NO2/c1-5-9-13-17-20-22-23-24-25-26-27-28-31-35-39-43(45-40-36-32-29-21-18-14-10-6-2)44(46)47-41-42(37-33-16-12-8-4)38-34-30-19-15-11-7-3/h39,42,45H,5-38,40-41H2,1-4H3/b43-39-. The largest absolute Gasteiger partial charge is 0.461 e. The molecule has 3 nitrogen and oxygen atoms in total. The zero-order valence-electron chi connectivity index (χ0n) is 32.9. The molecule has 0 aliphatic heterocycles. The van der Waals surface area contributed by atoms with Crippen LogP contribution >= 0.6 is 0 Å². The maximum Gasteiger partial charge on any atom is 0.354 e. The lowest BCUT2D eigenvalue weighted by molar-refractivity contribution is -0.141. The Hall–Kier alpha value is -0.990. The second-order valence-electron chi connectivity index (χ2n) is 14.9. The van der Waals surface area contributed by atoms with E-state index >= 15 is 0 Å². The second kappa shape index (κ2) is 39.4. The summed E-state index contributed by atoms with van der Waals surface area (Å²) in [6.07, 6.45) is 47.0. The first-order valence-electron chi connectivity index (χ1n) is 21.8. The van der Waals surface area contributed by atoms with Crippen molar-refractivity contribution in [3.8, 4) is 0 Å². The summed E-state index contributed by atoms with van der Waals surface area (Å²) in [6, 6.07) is 0. The zero-order chi connectivity index (χ0) is 34.3. The Balaban J connectivity index is 4.64. The summed E-state index contributed by atoms with van der Waals surface area (Å²) >= 11 is 0. The highest BCUT2D eigenvalue weighted by molar-refractivity contribution is 5.87. The first kappa shape index (κ1) is 46.0. The Bertz CT molecular complexity index is 645. The molecule has 0 bridgehead atoms. The Kier molecular flexibility index (Phi) is 38.6. The number of hydrogen-bond acceptors (Lipinski definition) is 3. The van der Waals surface area contributed by atoms with E-state index in [1.807, 2.05) is 0 Å². The predicted octanol–water partition coefficient (Wildman–Crippen LogP) is 15.0. The van der Waals surface area contributed by atoms with Crippen LogP contribution in [-0.4, -0.2) is 19.1 Å². The summed E-state index contributed by atoms with van der Waals surface area (Å²) in [4.78, 5) is 13.4. The monoisotopic (exact) mass is 662 g/mol. The number of rotatable bonds is 39. The third-order valence-electron chi connectivity index (χ3n) is 10.1. The predicted molar refractivity (Wildman–Crippen MR) is 210 cm³/mol. The van der Waals surface area contributed by atoms with Crippen LogP contribution < -0.4 is 5.32 Å². The summed E-state index contributed by atoms with van der Waals surface area (Å²) in [5, 5.41) is 3.52. The van der Waals surface area contributed by atoms with Gasteiger partial charge in [0.25, 0.3) is 0 Å². The average molecular weight is 662 g/mol. The maximum absolute atomic E-state index is 13.4. The van der Waals surface area contributed by atoms with Gasteiger partial charge in [0, 0.05) is 6.54 Å². The van der Waals surface area contributed by atoms with Crippen molar-refractivity contribution in [2.24, 2.45) is 5.92 Å². The normalized spacial score (nSPS) is 12.5. The molecule has 0 aromatic carbocycles. The first-order valence-corrected chi connectivity index (χ1v) is 21.8. The average Bonchev–Trinajstić information content (AvgIpc) is 3.08. The van der Waals surface area contributed by atoms with Gasteiger partial charge in [-0.2, -0.15) is 0 Å². The lowest BCUT2D eigenvalue weighted by Crippen LogP contribution is -2.25. The quantitative estimate of drug-likeness (QED) is 0.0405. The molecular weight excluding hydrogens is 574 g/mol. The molecule has 1 atom stereocenters. The number of unbranched alkanes of at least 4 members (excludes halogenated alkanes) is 28. The van der Waals surface area contributed by atoms with Gasteiger partial charge in [0.15, 0.2) is 0 Å². The number of carbonyl (C=O) groups is 1. The fraction of sp³-hybridized carbons (Fsp3) is 0.932. The fourth-order valence-corrected chi connectivity index (χ4v) is 6.77. The Morgan fingerprint density at radius 2 is 0.809 bits per heavy atom. The van der Waals surface area contributed by atoms with Crippen molar-refractivity contribution in [3.63, 3.8) is 0 Å². The van der Waals surface area contributed by atoms with E-state index in [1.165, 1.54) is 205 Å². The number of nitrogens with one attached hydrogen (secondary N) is 1. The highest BCUT2D eigenvalue weighted by Crippen LogP contribution is 2.20. The molecule has 0 spiro atoms. The minimum absolute atomic E-state index is 0.110. The minimum Gasteiger partial charge on any atom is -0.461 e. The second-order valence-corrected chi connectivity index (χ2v) is 14.9. The van der Waals surface area contributed by atoms with Gasteiger partial charge in [-0.15, -0.1) is 0 Å². The summed E-state index contributed by atoms with van der Waals surface area (Å²) in [6.45, 7) is 10.6. The first-order chi connectivity index (χ1) is 23.2. The number of hydrogen-bond donors (Lipinski definition) is 1. The summed E-state index contributed by atoms with van der Waals surface area (Å²) in [5.41, 5.74) is 0.733. The van der Waals surface area contributed by atoms with Crippen LogP contribution in [0.5, 0.6) is 0 Å². The van der Waals surface area contributed by atoms with Crippen molar-refractivity contribution in [2.45, 2.75) is 246 Å². The highest BCUT2D eigenvalue weighted by atomic mass is 16.5. The van der Waals surface area contributed by atoms with E-state index in [4.69, 9.17) is 4.74 Å². The topological polar surface area (TPSA) is 38.3 Å². The lowest BCUT2D eigenvalue weighted by Gasteiger charge is -2.18. The molecule has 3 heteroatoms. The molecule has 1 unspecified atom stereocenters. The number of carbonyl (C=O) groups excluding carboxylic acids is 1. The molecular formula is C44H87NO2. The molecule has 0 saturated heterocycles. The molecule has 0 amide bonds. The molecule has 0 aromatic rings. The van der Waals surface area contributed by atoms with Crippen LogP contribution in [-0.2, 0) is 9.53 Å². The van der Waals surface area contributed by atoms with Crippen molar-refractivity contribution >= 4 is 5.97 Å². The molecule has 0 aliphatic rings. The zero-order valence-corrected chi connectivity index (χ0v) is 32.9.